The summed E-state index contributed by atoms with van der Waals surface area (Å²) < 4.78 is 3.07. The number of hydrogen-bond acceptors (Lipinski definition) is 2. The summed E-state index contributed by atoms with van der Waals surface area (Å²) in [4.78, 5) is 12.6. The van der Waals surface area contributed by atoms with Crippen molar-refractivity contribution < 1.29 is 4.79 Å². The Morgan fingerprint density at radius 1 is 1.09 bits per heavy atom. The van der Waals surface area contributed by atoms with E-state index in [2.05, 4.69) is 5.32 Å². The van der Waals surface area contributed by atoms with Gasteiger partial charge in [-0.25, -0.2) is 0 Å². The normalized spacial score (nSPS) is 11.1. The molecule has 1 amide bonds. The molecule has 1 N–H and O–H groups in total. The fourth-order valence-electron chi connectivity index (χ4n) is 2.79. The second-order valence-corrected chi connectivity index (χ2v) is 6.19. The van der Waals surface area contributed by atoms with Crippen LogP contribution in [-0.4, -0.2) is 10.5 Å². The van der Waals surface area contributed by atoms with Gasteiger partial charge in [-0.2, -0.15) is 0 Å². The number of aryl methyl sites for hydroxylation is 1. The second-order valence-electron chi connectivity index (χ2n) is 5.24. The van der Waals surface area contributed by atoms with Crippen molar-refractivity contribution >= 4 is 43.9 Å². The van der Waals surface area contributed by atoms with Crippen LogP contribution in [0.5, 0.6) is 0 Å². The Hall–Kier alpha value is -2.59. The second kappa shape index (κ2) is 5.00. The molecule has 3 nitrogen and oxygen atoms in total. The first kappa shape index (κ1) is 13.1. The van der Waals surface area contributed by atoms with Gasteiger partial charge in [0.25, 0.3) is 5.91 Å². The van der Waals surface area contributed by atoms with E-state index in [9.17, 15) is 4.79 Å². The summed E-state index contributed by atoms with van der Waals surface area (Å²) in [5, 5.41) is 7.25. The van der Waals surface area contributed by atoms with Crippen LogP contribution in [0.2, 0.25) is 0 Å². The highest BCUT2D eigenvalue weighted by Crippen LogP contribution is 2.26. The summed E-state index contributed by atoms with van der Waals surface area (Å²) in [7, 11) is 1.92. The minimum absolute atomic E-state index is 0.0812. The Bertz CT molecular complexity index is 991. The number of nitrogens with zero attached hydrogens (tertiary/aromatic N) is 1. The van der Waals surface area contributed by atoms with Crippen molar-refractivity contribution in [1.82, 2.24) is 4.57 Å². The van der Waals surface area contributed by atoms with E-state index in [4.69, 9.17) is 0 Å². The van der Waals surface area contributed by atoms with Crippen LogP contribution >= 0.6 is 11.3 Å². The number of hydrogen-bond donors (Lipinski definition) is 1. The molecular formula is C18H14N2OS. The molecule has 2 heterocycles. The van der Waals surface area contributed by atoms with E-state index in [-0.39, 0.29) is 5.91 Å². The van der Waals surface area contributed by atoms with E-state index < -0.39 is 0 Å². The maximum atomic E-state index is 12.6. The number of carbonyl (C=O) groups is 1. The first-order valence-electron chi connectivity index (χ1n) is 7.06. The lowest BCUT2D eigenvalue weighted by Gasteiger charge is -2.09. The van der Waals surface area contributed by atoms with Crippen LogP contribution in [0.15, 0.2) is 60.0 Å². The first-order valence-corrected chi connectivity index (χ1v) is 7.94. The van der Waals surface area contributed by atoms with Crippen LogP contribution in [0.25, 0.3) is 21.0 Å². The molecule has 0 fully saturated rings. The fraction of sp³-hybridized carbons (Fsp3) is 0.0556. The SMILES string of the molecule is Cn1c(C(=O)Nc2cccc3ccccc23)cc2sccc21. The number of rotatable bonds is 2. The standard InChI is InChI=1S/C18H14N2OS/c1-20-15-9-10-22-17(15)11-16(20)18(21)19-14-8-4-6-12-5-2-3-7-13(12)14/h2-11H,1H3,(H,19,21). The Morgan fingerprint density at radius 2 is 1.91 bits per heavy atom. The molecule has 0 atom stereocenters. The Kier molecular flexibility index (Phi) is 2.98. The van der Waals surface area contributed by atoms with Gasteiger partial charge in [0.15, 0.2) is 0 Å². The van der Waals surface area contributed by atoms with Gasteiger partial charge in [0, 0.05) is 18.1 Å². The summed E-state index contributed by atoms with van der Waals surface area (Å²) in [6.45, 7) is 0. The zero-order valence-corrected chi connectivity index (χ0v) is 12.9. The maximum Gasteiger partial charge on any atom is 0.272 e. The lowest BCUT2D eigenvalue weighted by atomic mass is 10.1. The third-order valence-corrected chi connectivity index (χ3v) is 4.79. The van der Waals surface area contributed by atoms with Crippen LogP contribution in [0.3, 0.4) is 0 Å². The van der Waals surface area contributed by atoms with Crippen molar-refractivity contribution in [2.24, 2.45) is 7.05 Å². The van der Waals surface area contributed by atoms with Crippen LogP contribution in [0.1, 0.15) is 10.5 Å². The fourth-order valence-corrected chi connectivity index (χ4v) is 3.64. The van der Waals surface area contributed by atoms with Crippen molar-refractivity contribution in [2.45, 2.75) is 0 Å². The molecular weight excluding hydrogens is 292 g/mol. The highest BCUT2D eigenvalue weighted by molar-refractivity contribution is 7.17. The molecule has 0 aliphatic carbocycles. The number of nitrogens with one attached hydrogen (secondary N) is 1. The molecule has 0 radical (unpaired) electrons. The Balaban J connectivity index is 1.74. The van der Waals surface area contributed by atoms with Crippen molar-refractivity contribution in [1.29, 1.82) is 0 Å². The van der Waals surface area contributed by atoms with E-state index in [1.165, 1.54) is 0 Å². The molecule has 4 rings (SSSR count). The molecule has 0 unspecified atom stereocenters. The molecule has 4 aromatic rings. The van der Waals surface area contributed by atoms with E-state index >= 15 is 0 Å². The van der Waals surface area contributed by atoms with E-state index in [1.807, 2.05) is 71.6 Å². The molecule has 0 aliphatic rings. The Morgan fingerprint density at radius 3 is 2.77 bits per heavy atom. The molecule has 0 saturated carbocycles. The highest BCUT2D eigenvalue weighted by atomic mass is 32.1. The number of carbonyl (C=O) groups excluding carboxylic acids is 1. The van der Waals surface area contributed by atoms with E-state index in [0.717, 1.165) is 26.7 Å². The summed E-state index contributed by atoms with van der Waals surface area (Å²) in [6, 6.07) is 18.0. The van der Waals surface area contributed by atoms with Crippen LogP contribution < -0.4 is 5.32 Å². The zero-order chi connectivity index (χ0) is 15.1. The van der Waals surface area contributed by atoms with Gasteiger partial charge in [-0.05, 0) is 29.0 Å². The average molecular weight is 306 g/mol. The topological polar surface area (TPSA) is 34.0 Å². The van der Waals surface area contributed by atoms with Crippen LogP contribution in [0.4, 0.5) is 5.69 Å². The number of fused-ring (bicyclic) bond motifs is 2. The molecule has 0 spiro atoms. The quantitative estimate of drug-likeness (QED) is 0.575. The van der Waals surface area contributed by atoms with Gasteiger partial charge >= 0.3 is 0 Å². The molecule has 22 heavy (non-hydrogen) atoms. The number of thiophene rings is 1. The molecule has 0 bridgehead atoms. The van der Waals surface area contributed by atoms with Gasteiger partial charge in [0.1, 0.15) is 5.69 Å². The van der Waals surface area contributed by atoms with Crippen LogP contribution in [-0.2, 0) is 7.05 Å². The zero-order valence-electron chi connectivity index (χ0n) is 12.0. The number of anilines is 1. The van der Waals surface area contributed by atoms with Gasteiger partial charge in [-0.15, -0.1) is 11.3 Å². The van der Waals surface area contributed by atoms with E-state index in [0.29, 0.717) is 5.69 Å². The summed E-state index contributed by atoms with van der Waals surface area (Å²) in [5.41, 5.74) is 2.61. The van der Waals surface area contributed by atoms with Crippen molar-refractivity contribution in [3.8, 4) is 0 Å². The Labute approximate surface area is 131 Å². The van der Waals surface area contributed by atoms with Crippen molar-refractivity contribution in [2.75, 3.05) is 5.32 Å². The number of amides is 1. The summed E-state index contributed by atoms with van der Waals surface area (Å²) in [6.07, 6.45) is 0. The molecule has 4 heteroatoms. The minimum Gasteiger partial charge on any atom is -0.339 e. The molecule has 2 aromatic carbocycles. The molecule has 0 aliphatic heterocycles. The van der Waals surface area contributed by atoms with Crippen LogP contribution in [0, 0.1) is 0 Å². The number of benzene rings is 2. The monoisotopic (exact) mass is 306 g/mol. The predicted octanol–water partition coefficient (Wildman–Crippen LogP) is 4.65. The molecule has 0 saturated heterocycles. The smallest absolute Gasteiger partial charge is 0.272 e. The van der Waals surface area contributed by atoms with Gasteiger partial charge in [-0.1, -0.05) is 36.4 Å². The summed E-state index contributed by atoms with van der Waals surface area (Å²) in [5.74, 6) is -0.0812. The average Bonchev–Trinajstić information content (AvgIpc) is 3.11. The highest BCUT2D eigenvalue weighted by Gasteiger charge is 2.15. The summed E-state index contributed by atoms with van der Waals surface area (Å²) >= 11 is 1.65. The minimum atomic E-state index is -0.0812. The predicted molar refractivity (Wildman–Crippen MR) is 92.7 cm³/mol. The first-order chi connectivity index (χ1) is 10.7. The van der Waals surface area contributed by atoms with Crippen molar-refractivity contribution in [3.63, 3.8) is 0 Å². The van der Waals surface area contributed by atoms with Crippen molar-refractivity contribution in [3.05, 3.63) is 65.7 Å². The van der Waals surface area contributed by atoms with E-state index in [1.54, 1.807) is 11.3 Å². The maximum absolute atomic E-state index is 12.6. The third-order valence-electron chi connectivity index (χ3n) is 3.93. The molecule has 2 aromatic heterocycles. The van der Waals surface area contributed by atoms with Gasteiger partial charge in [-0.3, -0.25) is 4.79 Å². The molecule has 108 valence electrons. The van der Waals surface area contributed by atoms with Gasteiger partial charge in [0.05, 0.1) is 10.2 Å². The lowest BCUT2D eigenvalue weighted by Crippen LogP contribution is -2.15. The lowest BCUT2D eigenvalue weighted by molar-refractivity contribution is 0.102. The third kappa shape index (κ3) is 2.00. The largest absolute Gasteiger partial charge is 0.339 e. The van der Waals surface area contributed by atoms with Gasteiger partial charge in [0.2, 0.25) is 0 Å². The number of aromatic nitrogens is 1. The van der Waals surface area contributed by atoms with Gasteiger partial charge < -0.3 is 9.88 Å².